The molecule has 14 rings (SSSR count). The Bertz CT molecular complexity index is 5940. The maximum absolute atomic E-state index is 12.7. The van der Waals surface area contributed by atoms with E-state index in [4.69, 9.17) is 46.4 Å². The summed E-state index contributed by atoms with van der Waals surface area (Å²) >= 11 is 26.3. The summed E-state index contributed by atoms with van der Waals surface area (Å²) in [6.07, 6.45) is 28.5. The molecule has 12 aromatic rings. The second kappa shape index (κ2) is 43.1. The minimum Gasteiger partial charge on any atom is -0.287 e. The first-order valence-corrected chi connectivity index (χ1v) is 44.8. The van der Waals surface area contributed by atoms with Crippen LogP contribution in [0.1, 0.15) is 220 Å². The molecule has 1 saturated heterocycles. The van der Waals surface area contributed by atoms with Crippen molar-refractivity contribution in [3.8, 4) is 89.0 Å². The molecule has 666 valence electrons. The molecule has 1 aliphatic carbocycles. The molecule has 0 radical (unpaired) electrons. The number of piperidine rings is 1. The Morgan fingerprint density at radius 3 is 0.992 bits per heavy atom. The van der Waals surface area contributed by atoms with E-state index in [0.717, 1.165) is 151 Å². The monoisotopic (exact) mass is 1800 g/mol. The number of pyridine rings is 8. The number of amides is 5. The fraction of sp³-hybridized carbons (Fsp3) is 0.330. The van der Waals surface area contributed by atoms with Crippen molar-refractivity contribution >= 4 is 75.9 Å². The summed E-state index contributed by atoms with van der Waals surface area (Å²) in [5, 5.41) is 5.44. The first-order valence-electron chi connectivity index (χ1n) is 43.3. The smallest absolute Gasteiger partial charge is 0.269 e. The van der Waals surface area contributed by atoms with Gasteiger partial charge < -0.3 is 0 Å². The molecule has 0 unspecified atom stereocenters. The van der Waals surface area contributed by atoms with E-state index in [1.54, 1.807) is 107 Å². The summed E-state index contributed by atoms with van der Waals surface area (Å²) in [6, 6.07) is 46.2. The lowest BCUT2D eigenvalue weighted by atomic mass is 9.90. The van der Waals surface area contributed by atoms with Gasteiger partial charge in [-0.05, 0) is 189 Å². The largest absolute Gasteiger partial charge is 0.287 e. The highest BCUT2D eigenvalue weighted by atomic mass is 35.5. The molecule has 8 aromatic heterocycles. The van der Waals surface area contributed by atoms with Crippen molar-refractivity contribution in [1.82, 2.24) is 82.4 Å². The van der Waals surface area contributed by atoms with Gasteiger partial charge in [0.15, 0.2) is 0 Å². The molecule has 25 heteroatoms. The van der Waals surface area contributed by atoms with Crippen molar-refractivity contribution in [2.24, 2.45) is 11.8 Å². The third-order valence-corrected chi connectivity index (χ3v) is 23.2. The van der Waals surface area contributed by atoms with Crippen LogP contribution in [0.3, 0.4) is 0 Å². The average molecular weight is 1800 g/mol. The highest BCUT2D eigenvalue weighted by Crippen LogP contribution is 2.39. The lowest BCUT2D eigenvalue weighted by Crippen LogP contribution is -2.46. The quantitative estimate of drug-likeness (QED) is 0.0436. The first kappa shape index (κ1) is 97.1. The number of nitrogens with zero attached hydrogens (tertiary/aromatic N) is 10. The lowest BCUT2D eigenvalue weighted by molar-refractivity contribution is -0.124. The number of halogens is 4. The maximum Gasteiger partial charge on any atom is 0.269 e. The molecule has 0 atom stereocenters. The third-order valence-electron chi connectivity index (χ3n) is 21.9. The fourth-order valence-electron chi connectivity index (χ4n) is 14.2. The van der Waals surface area contributed by atoms with E-state index in [1.165, 1.54) is 17.9 Å². The van der Waals surface area contributed by atoms with E-state index >= 15 is 0 Å². The molecule has 6 N–H and O–H groups in total. The average Bonchev–Trinajstić information content (AvgIpc) is 1.05. The zero-order chi connectivity index (χ0) is 92.5. The van der Waals surface area contributed by atoms with Crippen LogP contribution in [-0.2, 0) is 26.5 Å². The van der Waals surface area contributed by atoms with Crippen LogP contribution in [-0.4, -0.2) is 112 Å². The SMILES string of the molecule is CC(C)(C)c1cc(-c2cncc(-c3ccc(C(=O)NNC4CCCC4)cc3Cl)c2)ccn1.CC(C)C(=O)NNC(=O)c1ccc(-c2cncc(-c3ccnc(C(C)(C)C)c3)c2)c(Cl)c1.CC(C)NN(C)C(=O)c1ccc(-c2cncc(-c3ccnc(C(C)(C)C)c3)c2)c(Cl)c1.CC1CCN(NC(=O)c2ccc(-c3cncc(-c4ccnc(C(C)(C)C)c4)c3)c(Cl)c2)CC1. The number of rotatable bonds is 18. The molecule has 0 bridgehead atoms. The van der Waals surface area contributed by atoms with Crippen molar-refractivity contribution in [2.75, 3.05) is 20.1 Å². The van der Waals surface area contributed by atoms with Crippen LogP contribution in [0.25, 0.3) is 89.0 Å². The first-order chi connectivity index (χ1) is 60.6. The minimum absolute atomic E-state index is 0.0343. The predicted molar refractivity (Wildman–Crippen MR) is 518 cm³/mol. The van der Waals surface area contributed by atoms with Gasteiger partial charge in [-0.1, -0.05) is 187 Å². The van der Waals surface area contributed by atoms with E-state index in [0.29, 0.717) is 54.3 Å². The Morgan fingerprint density at radius 1 is 0.375 bits per heavy atom. The van der Waals surface area contributed by atoms with Crippen LogP contribution >= 0.6 is 46.4 Å². The summed E-state index contributed by atoms with van der Waals surface area (Å²) in [7, 11) is 1.71. The van der Waals surface area contributed by atoms with Crippen LogP contribution < -0.4 is 32.6 Å². The number of carbonyl (C=O) groups is 5. The Kier molecular flexibility index (Phi) is 32.7. The van der Waals surface area contributed by atoms with Gasteiger partial charge in [0.05, 0.1) is 0 Å². The molecule has 1 aliphatic heterocycles. The van der Waals surface area contributed by atoms with Gasteiger partial charge in [-0.3, -0.25) is 90.6 Å². The van der Waals surface area contributed by atoms with Crippen LogP contribution in [0.2, 0.25) is 20.1 Å². The maximum atomic E-state index is 12.7. The van der Waals surface area contributed by atoms with E-state index in [1.807, 2.05) is 111 Å². The molecular formula is C103H116Cl4N16O5. The Morgan fingerprint density at radius 2 is 0.680 bits per heavy atom. The molecular weight excluding hydrogens is 1680 g/mol. The zero-order valence-electron chi connectivity index (χ0n) is 76.3. The normalized spacial score (nSPS) is 13.2. The highest BCUT2D eigenvalue weighted by Gasteiger charge is 2.26. The van der Waals surface area contributed by atoms with E-state index in [9.17, 15) is 24.0 Å². The summed E-state index contributed by atoms with van der Waals surface area (Å²) in [5.41, 5.74) is 37.6. The molecule has 4 aromatic carbocycles. The number of carbonyl (C=O) groups excluding carboxylic acids is 5. The van der Waals surface area contributed by atoms with Crippen LogP contribution in [0.5, 0.6) is 0 Å². The van der Waals surface area contributed by atoms with Gasteiger partial charge in [-0.15, -0.1) is 0 Å². The molecule has 5 amide bonds. The van der Waals surface area contributed by atoms with Crippen LogP contribution in [0.4, 0.5) is 0 Å². The van der Waals surface area contributed by atoms with Crippen molar-refractivity contribution in [3.05, 3.63) is 285 Å². The summed E-state index contributed by atoms with van der Waals surface area (Å²) in [5.74, 6) is -0.675. The van der Waals surface area contributed by atoms with Gasteiger partial charge in [-0.25, -0.2) is 15.9 Å². The molecule has 21 nitrogen and oxygen atoms in total. The molecule has 2 aliphatic rings. The lowest BCUT2D eigenvalue weighted by Gasteiger charge is -2.30. The van der Waals surface area contributed by atoms with Gasteiger partial charge in [0.2, 0.25) is 5.91 Å². The van der Waals surface area contributed by atoms with Gasteiger partial charge in [0.1, 0.15) is 0 Å². The second-order valence-corrected chi connectivity index (χ2v) is 38.9. The molecule has 2 fully saturated rings. The van der Waals surface area contributed by atoms with Crippen molar-refractivity contribution < 1.29 is 24.0 Å². The third kappa shape index (κ3) is 26.6. The van der Waals surface area contributed by atoms with Crippen LogP contribution in [0, 0.1) is 11.8 Å². The summed E-state index contributed by atoms with van der Waals surface area (Å²) in [4.78, 5) is 97.5. The predicted octanol–water partition coefficient (Wildman–Crippen LogP) is 23.0. The minimum atomic E-state index is -0.439. The highest BCUT2D eigenvalue weighted by molar-refractivity contribution is 6.35. The van der Waals surface area contributed by atoms with Gasteiger partial charge in [-0.2, -0.15) is 0 Å². The van der Waals surface area contributed by atoms with E-state index in [-0.39, 0.29) is 57.2 Å². The summed E-state index contributed by atoms with van der Waals surface area (Å²) in [6.45, 7) is 37.1. The number of hydrogen-bond donors (Lipinski definition) is 6. The number of hydrogen-bond acceptors (Lipinski definition) is 16. The second-order valence-electron chi connectivity index (χ2n) is 37.3. The number of nitrogens with one attached hydrogen (secondary N) is 6. The Balaban J connectivity index is 0.000000165. The van der Waals surface area contributed by atoms with Crippen molar-refractivity contribution in [2.45, 2.75) is 190 Å². The number of hydrazine groups is 4. The van der Waals surface area contributed by atoms with Gasteiger partial charge in [0, 0.05) is 266 Å². The zero-order valence-corrected chi connectivity index (χ0v) is 79.3. The molecule has 1 saturated carbocycles. The molecule has 128 heavy (non-hydrogen) atoms. The summed E-state index contributed by atoms with van der Waals surface area (Å²) < 4.78 is 0. The Labute approximate surface area is 773 Å². The van der Waals surface area contributed by atoms with Gasteiger partial charge in [0.25, 0.3) is 23.6 Å². The van der Waals surface area contributed by atoms with Gasteiger partial charge >= 0.3 is 0 Å². The molecule has 0 spiro atoms. The topological polar surface area (TPSA) is 267 Å². The number of benzene rings is 4. The van der Waals surface area contributed by atoms with Crippen molar-refractivity contribution in [1.29, 1.82) is 0 Å². The van der Waals surface area contributed by atoms with Crippen molar-refractivity contribution in [3.63, 3.8) is 0 Å². The fourth-order valence-corrected chi connectivity index (χ4v) is 15.4. The standard InChI is InChI=1S/C27H31ClN4O.C26H29ClN4O.C25H27ClN4O2.C25H29ClN4O/c1-18-8-11-32(12-9-18)31-26(33)20-5-6-23(24(28)14-20)22-13-21(16-29-17-22)19-7-10-30-25(15-19)27(2,3)4;1-26(2,3)24-14-17(10-11-29-24)19-12-20(16-28-15-19)22-9-8-18(13-23(22)27)25(32)31-30-21-6-4-5-7-21;1-15(2)23(31)29-30-24(32)17-6-7-20(21(26)11-17)19-10-18(13-27-14-19)16-8-9-28-22(12-16)25(3,4)5;1-16(2)29-30(6)24(31)18-7-8-21(22(26)12-18)20-11-19(14-27-15-20)17-9-10-28-23(13-17)25(3,4)5/h5-7,10,13-18H,8-9,11-12H2,1-4H3,(H,31,33);8-16,21,30H,4-7H2,1-3H3,(H,31,32);6-15H,1-5H3,(H,29,31)(H,30,32);7-16,29H,1-6H3. The Hall–Kier alpha value is -11.5. The van der Waals surface area contributed by atoms with E-state index < -0.39 is 5.91 Å². The van der Waals surface area contributed by atoms with Crippen LogP contribution in [0.15, 0.2) is 220 Å². The number of aromatic nitrogens is 8. The molecule has 9 heterocycles. The van der Waals surface area contributed by atoms with E-state index in [2.05, 4.69) is 205 Å².